The smallest absolute Gasteiger partial charge is 0.254 e. The second-order valence-electron chi connectivity index (χ2n) is 11.4. The zero-order valence-corrected chi connectivity index (χ0v) is 25.2. The normalized spacial score (nSPS) is 19.7. The van der Waals surface area contributed by atoms with Gasteiger partial charge in [0.05, 0.1) is 32.0 Å². The first-order valence-electron chi connectivity index (χ1n) is 14.9. The third-order valence-electron chi connectivity index (χ3n) is 8.35. The number of carbonyl (C=O) groups excluding carboxylic acids is 3. The molecule has 232 valence electrons. The van der Waals surface area contributed by atoms with Crippen LogP contribution in [-0.4, -0.2) is 90.0 Å². The van der Waals surface area contributed by atoms with Crippen molar-refractivity contribution in [3.05, 3.63) is 65.0 Å². The monoisotopic (exact) mass is 603 g/mol. The van der Waals surface area contributed by atoms with Gasteiger partial charge in [-0.2, -0.15) is 5.10 Å². The Balaban J connectivity index is 1.22. The number of methoxy groups -OCH3 is 1. The van der Waals surface area contributed by atoms with Crippen molar-refractivity contribution < 1.29 is 33.3 Å². The van der Waals surface area contributed by atoms with Crippen molar-refractivity contribution in [1.29, 1.82) is 0 Å². The Hall–Kier alpha value is -4.74. The van der Waals surface area contributed by atoms with Crippen LogP contribution in [0.15, 0.2) is 42.5 Å². The van der Waals surface area contributed by atoms with Crippen LogP contribution in [0.5, 0.6) is 23.0 Å². The molecule has 0 spiro atoms. The number of hydrogen-bond acceptors (Lipinski definition) is 8. The van der Waals surface area contributed by atoms with Crippen molar-refractivity contribution in [1.82, 2.24) is 24.9 Å². The summed E-state index contributed by atoms with van der Waals surface area (Å²) in [5.41, 5.74) is 3.27. The summed E-state index contributed by atoms with van der Waals surface area (Å²) in [6.07, 6.45) is 0.755. The topological polar surface area (TPSA) is 124 Å². The number of amides is 3. The molecule has 2 aromatic carbocycles. The summed E-state index contributed by atoms with van der Waals surface area (Å²) in [5.74, 6) is 1.52. The largest absolute Gasteiger partial charge is 0.493 e. The van der Waals surface area contributed by atoms with E-state index < -0.39 is 0 Å². The van der Waals surface area contributed by atoms with Crippen molar-refractivity contribution in [2.24, 2.45) is 0 Å². The van der Waals surface area contributed by atoms with Crippen molar-refractivity contribution in [2.45, 2.75) is 45.2 Å². The molecule has 0 unspecified atom stereocenters. The van der Waals surface area contributed by atoms with Gasteiger partial charge in [-0.05, 0) is 62.2 Å². The highest BCUT2D eigenvalue weighted by molar-refractivity contribution is 5.95. The van der Waals surface area contributed by atoms with Crippen molar-refractivity contribution in [3.8, 4) is 23.0 Å². The highest BCUT2D eigenvalue weighted by Crippen LogP contribution is 2.37. The second-order valence-corrected chi connectivity index (χ2v) is 11.4. The molecule has 2 bridgehead atoms. The number of likely N-dealkylation sites (tertiary alicyclic amines) is 1. The minimum absolute atomic E-state index is 0.0871. The fourth-order valence-electron chi connectivity index (χ4n) is 6.12. The van der Waals surface area contributed by atoms with Gasteiger partial charge in [0.1, 0.15) is 0 Å². The van der Waals surface area contributed by atoms with Crippen LogP contribution >= 0.6 is 0 Å². The molecule has 0 saturated carbocycles. The molecule has 12 heteroatoms. The Morgan fingerprint density at radius 2 is 1.84 bits per heavy atom. The zero-order valence-electron chi connectivity index (χ0n) is 25.2. The van der Waals surface area contributed by atoms with Gasteiger partial charge in [-0.25, -0.2) is 0 Å². The highest BCUT2D eigenvalue weighted by Gasteiger charge is 2.38. The Labute approximate surface area is 255 Å². The van der Waals surface area contributed by atoms with Crippen LogP contribution in [0.25, 0.3) is 0 Å². The highest BCUT2D eigenvalue weighted by atomic mass is 16.7. The average Bonchev–Trinajstić information content (AvgIpc) is 3.74. The quantitative estimate of drug-likeness (QED) is 0.472. The average molecular weight is 604 g/mol. The molecular weight excluding hydrogens is 566 g/mol. The van der Waals surface area contributed by atoms with E-state index in [1.54, 1.807) is 35.1 Å². The first kappa shape index (κ1) is 29.3. The Kier molecular flexibility index (Phi) is 8.32. The van der Waals surface area contributed by atoms with Crippen LogP contribution in [0, 0.1) is 13.8 Å². The molecule has 3 aliphatic rings. The molecule has 1 fully saturated rings. The number of ether oxygens (including phenoxy) is 4. The SMILES string of the molecule is COc1ccc2cc1OCCCN(C(=O)CCn1nc(C)cc1C)CC(=O)N[C@H]1CN(C(=O)c3ccc4c(c3)OCO4)C[C@H]21. The van der Waals surface area contributed by atoms with E-state index in [1.807, 2.05) is 42.8 Å². The standard InChI is InChI=1S/C32H37N5O7/c1-20-13-21(2)37(34-20)11-9-31(39)35-10-4-12-42-28-14-22(5-7-26(28)41-3)24-16-36(17-25(24)33-30(38)18-35)32(40)23-6-8-27-29(15-23)44-19-43-27/h5-8,13-15,24-25H,4,9-12,16-19H2,1-3H3,(H,33,38)/t24-,25+/m1/s1. The van der Waals surface area contributed by atoms with Gasteiger partial charge in [-0.3, -0.25) is 19.1 Å². The Bertz CT molecular complexity index is 1570. The van der Waals surface area contributed by atoms with Crippen LogP contribution in [0.1, 0.15) is 46.1 Å². The van der Waals surface area contributed by atoms with Gasteiger partial charge in [-0.1, -0.05) is 6.07 Å². The molecule has 2 atom stereocenters. The van der Waals surface area contributed by atoms with Crippen molar-refractivity contribution >= 4 is 17.7 Å². The third kappa shape index (κ3) is 6.15. The summed E-state index contributed by atoms with van der Waals surface area (Å²) >= 11 is 0. The lowest BCUT2D eigenvalue weighted by Crippen LogP contribution is -2.47. The van der Waals surface area contributed by atoms with E-state index >= 15 is 0 Å². The number of nitrogens with zero attached hydrogens (tertiary/aromatic N) is 4. The molecule has 0 radical (unpaired) electrons. The maximum Gasteiger partial charge on any atom is 0.254 e. The van der Waals surface area contributed by atoms with E-state index in [0.717, 1.165) is 17.0 Å². The third-order valence-corrected chi connectivity index (χ3v) is 8.35. The molecule has 4 heterocycles. The number of aromatic nitrogens is 2. The lowest BCUT2D eigenvalue weighted by molar-refractivity contribution is -0.136. The van der Waals surface area contributed by atoms with E-state index in [1.165, 1.54) is 0 Å². The fraction of sp³-hybridized carbons (Fsp3) is 0.438. The maximum atomic E-state index is 13.6. The van der Waals surface area contributed by atoms with Gasteiger partial charge in [0.2, 0.25) is 18.6 Å². The molecule has 1 saturated heterocycles. The Morgan fingerprint density at radius 1 is 1.00 bits per heavy atom. The van der Waals surface area contributed by atoms with E-state index in [9.17, 15) is 14.4 Å². The van der Waals surface area contributed by atoms with Crippen LogP contribution in [0.3, 0.4) is 0 Å². The van der Waals surface area contributed by atoms with Crippen molar-refractivity contribution in [3.63, 3.8) is 0 Å². The predicted molar refractivity (Wildman–Crippen MR) is 159 cm³/mol. The maximum absolute atomic E-state index is 13.6. The Morgan fingerprint density at radius 3 is 2.64 bits per heavy atom. The van der Waals surface area contributed by atoms with Gasteiger partial charge in [0, 0.05) is 49.8 Å². The number of nitrogens with one attached hydrogen (secondary N) is 1. The van der Waals surface area contributed by atoms with Gasteiger partial charge in [0.25, 0.3) is 5.91 Å². The number of fused-ring (bicyclic) bond motifs is 5. The first-order chi connectivity index (χ1) is 21.3. The van der Waals surface area contributed by atoms with Crippen LogP contribution < -0.4 is 24.3 Å². The molecule has 3 aliphatic heterocycles. The minimum Gasteiger partial charge on any atom is -0.493 e. The summed E-state index contributed by atoms with van der Waals surface area (Å²) in [6, 6.07) is 12.4. The van der Waals surface area contributed by atoms with Crippen LogP contribution in [-0.2, 0) is 16.1 Å². The summed E-state index contributed by atoms with van der Waals surface area (Å²) in [4.78, 5) is 43.8. The zero-order chi connectivity index (χ0) is 30.8. The van der Waals surface area contributed by atoms with E-state index in [4.69, 9.17) is 18.9 Å². The molecule has 6 rings (SSSR count). The predicted octanol–water partition coefficient (Wildman–Crippen LogP) is 2.66. The van der Waals surface area contributed by atoms with E-state index in [2.05, 4.69) is 10.4 Å². The van der Waals surface area contributed by atoms with E-state index in [0.29, 0.717) is 67.8 Å². The summed E-state index contributed by atoms with van der Waals surface area (Å²) in [5, 5.41) is 7.59. The molecule has 44 heavy (non-hydrogen) atoms. The van der Waals surface area contributed by atoms with Gasteiger partial charge in [0.15, 0.2) is 23.0 Å². The molecule has 12 nitrogen and oxygen atoms in total. The first-order valence-corrected chi connectivity index (χ1v) is 14.9. The molecule has 1 N–H and O–H groups in total. The second kappa shape index (κ2) is 12.5. The minimum atomic E-state index is -0.380. The van der Waals surface area contributed by atoms with E-state index in [-0.39, 0.29) is 49.4 Å². The summed E-state index contributed by atoms with van der Waals surface area (Å²) in [6.45, 7) is 5.72. The van der Waals surface area contributed by atoms with Gasteiger partial charge < -0.3 is 34.1 Å². The summed E-state index contributed by atoms with van der Waals surface area (Å²) in [7, 11) is 1.59. The van der Waals surface area contributed by atoms with Gasteiger partial charge >= 0.3 is 0 Å². The molecule has 3 aromatic rings. The number of hydrogen-bond donors (Lipinski definition) is 1. The molecule has 1 aromatic heterocycles. The lowest BCUT2D eigenvalue weighted by Gasteiger charge is -2.24. The number of rotatable bonds is 5. The lowest BCUT2D eigenvalue weighted by atomic mass is 9.94. The molecule has 0 aliphatic carbocycles. The molecular formula is C32H37N5O7. The van der Waals surface area contributed by atoms with Crippen molar-refractivity contribution in [2.75, 3.05) is 46.7 Å². The number of carbonyl (C=O) groups is 3. The number of aryl methyl sites for hydroxylation is 3. The van der Waals surface area contributed by atoms with Crippen LogP contribution in [0.4, 0.5) is 0 Å². The summed E-state index contributed by atoms with van der Waals surface area (Å²) < 4.78 is 24.4. The molecule has 3 amide bonds. The fourth-order valence-corrected chi connectivity index (χ4v) is 6.12. The van der Waals surface area contributed by atoms with Gasteiger partial charge in [-0.15, -0.1) is 0 Å². The van der Waals surface area contributed by atoms with Crippen LogP contribution in [0.2, 0.25) is 0 Å². The number of benzene rings is 2.